The van der Waals surface area contributed by atoms with Crippen LogP contribution in [-0.4, -0.2) is 38.1 Å². The molecular weight excluding hydrogens is 661 g/mol. The van der Waals surface area contributed by atoms with E-state index in [0.29, 0.717) is 12.1 Å². The Labute approximate surface area is 338 Å². The molecule has 0 radical (unpaired) electrons. The first-order valence-corrected chi connectivity index (χ1v) is 24.7. The largest absolute Gasteiger partial charge is 0.371 e. The lowest BCUT2D eigenvalue weighted by Crippen LogP contribution is -2.43. The van der Waals surface area contributed by atoms with Crippen LogP contribution in [-0.2, 0) is 6.42 Å². The fraction of sp³-hybridized carbons (Fsp3) is 0.920. The maximum Gasteiger partial charge on any atom is 0.249 e. The third kappa shape index (κ3) is 25.2. The van der Waals surface area contributed by atoms with Gasteiger partial charge in [0.25, 0.3) is 0 Å². The minimum atomic E-state index is -0.274. The van der Waals surface area contributed by atoms with Gasteiger partial charge in [-0.2, -0.15) is 0 Å². The van der Waals surface area contributed by atoms with E-state index in [1.54, 1.807) is 0 Å². The molecule has 0 aliphatic rings. The molecule has 0 fully saturated rings. The summed E-state index contributed by atoms with van der Waals surface area (Å²) in [6.07, 6.45) is 46.8. The van der Waals surface area contributed by atoms with Gasteiger partial charge in [-0.3, -0.25) is 9.59 Å². The molecule has 0 heterocycles. The van der Waals surface area contributed by atoms with Crippen LogP contribution in [0.15, 0.2) is 9.59 Å². The SMILES string of the molecule is CCCCCCCCC(CCCCCCCC)CCCCCCCN(CCCCCCCC(CC)CCCCCC)CCCN(C)c1c(CC)c(=O)c1=O. The second kappa shape index (κ2) is 36.2. The molecule has 0 amide bonds. The summed E-state index contributed by atoms with van der Waals surface area (Å²) in [6, 6.07) is 0. The summed E-state index contributed by atoms with van der Waals surface area (Å²) in [4.78, 5) is 29.0. The molecule has 0 aromatic heterocycles. The second-order valence-electron chi connectivity index (χ2n) is 17.7. The zero-order valence-corrected chi connectivity index (χ0v) is 37.7. The summed E-state index contributed by atoms with van der Waals surface area (Å²) in [5.74, 6) is 1.92. The van der Waals surface area contributed by atoms with Gasteiger partial charge in [-0.05, 0) is 57.2 Å². The molecule has 0 N–H and O–H groups in total. The van der Waals surface area contributed by atoms with Crippen molar-refractivity contribution in [2.75, 3.05) is 38.1 Å². The number of hydrogen-bond donors (Lipinski definition) is 0. The highest BCUT2D eigenvalue weighted by Crippen LogP contribution is 2.25. The van der Waals surface area contributed by atoms with E-state index < -0.39 is 0 Å². The van der Waals surface area contributed by atoms with E-state index in [1.807, 2.05) is 14.0 Å². The van der Waals surface area contributed by atoms with Gasteiger partial charge in [0.05, 0.1) is 5.69 Å². The summed E-state index contributed by atoms with van der Waals surface area (Å²) < 4.78 is 0. The quantitative estimate of drug-likeness (QED) is 0.0492. The first-order chi connectivity index (χ1) is 26.4. The highest BCUT2D eigenvalue weighted by Gasteiger charge is 2.22. The van der Waals surface area contributed by atoms with E-state index in [4.69, 9.17) is 0 Å². The molecule has 1 atom stereocenters. The molecule has 0 aliphatic carbocycles. The summed E-state index contributed by atoms with van der Waals surface area (Å²) in [5, 5.41) is 0. The maximum absolute atomic E-state index is 12.3. The minimum Gasteiger partial charge on any atom is -0.371 e. The Morgan fingerprint density at radius 3 is 1.15 bits per heavy atom. The van der Waals surface area contributed by atoms with Gasteiger partial charge in [-0.25, -0.2) is 0 Å². The van der Waals surface area contributed by atoms with Gasteiger partial charge in [0, 0.05) is 19.2 Å². The predicted octanol–water partition coefficient (Wildman–Crippen LogP) is 14.8. The topological polar surface area (TPSA) is 40.6 Å². The van der Waals surface area contributed by atoms with Crippen molar-refractivity contribution in [2.45, 2.75) is 253 Å². The number of hydrogen-bond acceptors (Lipinski definition) is 4. The van der Waals surface area contributed by atoms with Gasteiger partial charge in [0.1, 0.15) is 0 Å². The Balaban J connectivity index is 2.45. The van der Waals surface area contributed by atoms with Crippen LogP contribution in [0.5, 0.6) is 0 Å². The zero-order valence-electron chi connectivity index (χ0n) is 37.7. The molecule has 1 aromatic carbocycles. The summed E-state index contributed by atoms with van der Waals surface area (Å²) in [6.45, 7) is 15.7. The molecule has 318 valence electrons. The van der Waals surface area contributed by atoms with Crippen LogP contribution in [0.2, 0.25) is 0 Å². The van der Waals surface area contributed by atoms with Crippen molar-refractivity contribution in [2.24, 2.45) is 11.8 Å². The van der Waals surface area contributed by atoms with Crippen molar-refractivity contribution < 1.29 is 0 Å². The molecule has 0 spiro atoms. The molecule has 54 heavy (non-hydrogen) atoms. The Hall–Kier alpha value is -1.16. The number of anilines is 1. The van der Waals surface area contributed by atoms with Gasteiger partial charge in [-0.1, -0.05) is 227 Å². The lowest BCUT2D eigenvalue weighted by molar-refractivity contribution is 0.257. The van der Waals surface area contributed by atoms with Crippen molar-refractivity contribution in [3.63, 3.8) is 0 Å². The second-order valence-corrected chi connectivity index (χ2v) is 17.7. The van der Waals surface area contributed by atoms with Crippen LogP contribution in [0.3, 0.4) is 0 Å². The zero-order chi connectivity index (χ0) is 39.5. The van der Waals surface area contributed by atoms with Crippen molar-refractivity contribution >= 4 is 5.69 Å². The van der Waals surface area contributed by atoms with Gasteiger partial charge >= 0.3 is 0 Å². The van der Waals surface area contributed by atoms with Crippen LogP contribution in [0.4, 0.5) is 5.69 Å². The average Bonchev–Trinajstić information content (AvgIpc) is 3.18. The first kappa shape index (κ1) is 50.9. The fourth-order valence-corrected chi connectivity index (χ4v) is 9.01. The Morgan fingerprint density at radius 2 is 0.741 bits per heavy atom. The van der Waals surface area contributed by atoms with Crippen molar-refractivity contribution in [3.05, 3.63) is 26.0 Å². The van der Waals surface area contributed by atoms with Gasteiger partial charge < -0.3 is 9.80 Å². The van der Waals surface area contributed by atoms with Crippen LogP contribution in [0.1, 0.15) is 252 Å². The van der Waals surface area contributed by atoms with E-state index in [-0.39, 0.29) is 10.9 Å². The number of rotatable bonds is 42. The number of unbranched alkanes of at least 4 members (excludes halogenated alkanes) is 21. The molecule has 0 bridgehead atoms. The fourth-order valence-electron chi connectivity index (χ4n) is 9.01. The molecule has 0 saturated heterocycles. The molecule has 1 unspecified atom stereocenters. The van der Waals surface area contributed by atoms with E-state index >= 15 is 0 Å². The van der Waals surface area contributed by atoms with E-state index in [9.17, 15) is 9.59 Å². The first-order valence-electron chi connectivity index (χ1n) is 24.7. The molecule has 4 nitrogen and oxygen atoms in total. The van der Waals surface area contributed by atoms with Crippen molar-refractivity contribution in [1.29, 1.82) is 0 Å². The molecular formula is C50H96N2O2. The predicted molar refractivity (Wildman–Crippen MR) is 242 cm³/mol. The van der Waals surface area contributed by atoms with Crippen LogP contribution in [0.25, 0.3) is 0 Å². The minimum absolute atomic E-state index is 0.260. The lowest BCUT2D eigenvalue weighted by atomic mass is 9.89. The van der Waals surface area contributed by atoms with Gasteiger partial charge in [0.2, 0.25) is 10.9 Å². The third-order valence-electron chi connectivity index (χ3n) is 12.8. The molecule has 1 aromatic rings. The Bertz CT molecular complexity index is 997. The lowest BCUT2D eigenvalue weighted by Gasteiger charge is -2.26. The summed E-state index contributed by atoms with van der Waals surface area (Å²) >= 11 is 0. The standard InChI is InChI=1S/C50H96N2O2/c1-7-12-15-18-22-30-38-46(39-31-23-19-16-13-8-2)40-32-25-21-27-34-43-52(44-35-41-51(6)48-47(11-5)49(53)50(48)54)42-33-26-20-24-29-37-45(10-4)36-28-17-14-9-3/h45-46H,7-44H2,1-6H3. The maximum atomic E-state index is 12.3. The van der Waals surface area contributed by atoms with E-state index in [1.165, 1.54) is 219 Å². The Kier molecular flexibility index (Phi) is 34.1. The van der Waals surface area contributed by atoms with E-state index in [0.717, 1.165) is 36.9 Å². The highest BCUT2D eigenvalue weighted by molar-refractivity contribution is 5.58. The molecule has 1 rings (SSSR count). The molecule has 4 heteroatoms. The third-order valence-corrected chi connectivity index (χ3v) is 12.8. The summed E-state index contributed by atoms with van der Waals surface area (Å²) in [7, 11) is 2.00. The average molecular weight is 757 g/mol. The highest BCUT2D eigenvalue weighted by atomic mass is 16.2. The van der Waals surface area contributed by atoms with Crippen LogP contribution in [0, 0.1) is 11.8 Å². The summed E-state index contributed by atoms with van der Waals surface area (Å²) in [5.41, 5.74) is 0.882. The molecule has 0 saturated carbocycles. The van der Waals surface area contributed by atoms with Gasteiger partial charge in [-0.15, -0.1) is 0 Å². The van der Waals surface area contributed by atoms with Gasteiger partial charge in [0.15, 0.2) is 0 Å². The van der Waals surface area contributed by atoms with Crippen LogP contribution >= 0.6 is 0 Å². The van der Waals surface area contributed by atoms with Crippen molar-refractivity contribution in [1.82, 2.24) is 4.90 Å². The molecule has 0 aliphatic heterocycles. The monoisotopic (exact) mass is 757 g/mol. The van der Waals surface area contributed by atoms with E-state index in [2.05, 4.69) is 37.5 Å². The van der Waals surface area contributed by atoms with Crippen molar-refractivity contribution in [3.8, 4) is 0 Å². The smallest absolute Gasteiger partial charge is 0.249 e. The normalized spacial score (nSPS) is 12.5. The Morgan fingerprint density at radius 1 is 0.389 bits per heavy atom. The number of nitrogens with zero attached hydrogens (tertiary/aromatic N) is 2. The van der Waals surface area contributed by atoms with Crippen LogP contribution < -0.4 is 15.8 Å².